The molecule has 2 unspecified atom stereocenters. The van der Waals surface area contributed by atoms with Crippen LogP contribution in [-0.2, 0) is 55.8 Å². The van der Waals surface area contributed by atoms with Gasteiger partial charge in [0.25, 0.3) is 0 Å². The summed E-state index contributed by atoms with van der Waals surface area (Å²) in [5.41, 5.74) is 0. The summed E-state index contributed by atoms with van der Waals surface area (Å²) in [6.45, 7) is 27.3. The van der Waals surface area contributed by atoms with Gasteiger partial charge in [0.1, 0.15) is 13.2 Å². The SMILES string of the molecule is C=CC(=O)OCC(COCCC[Si](C)(C)O[Si](C)(CCCC)O[Si](C)(C)CCCOCC(COC(=O)C=C)OC(=O)C=C)OC(=O)C=C. The number of hydrogen-bond acceptors (Lipinski definition) is 12. The first kappa shape index (κ1) is 45.3. The fourth-order valence-electron chi connectivity index (χ4n) is 4.65. The number of ether oxygens (including phenoxy) is 6. The smallest absolute Gasteiger partial charge is 0.330 e. The third-order valence-electron chi connectivity index (χ3n) is 6.77. The predicted octanol–water partition coefficient (Wildman–Crippen LogP) is 5.77. The highest BCUT2D eigenvalue weighted by molar-refractivity contribution is 6.88. The van der Waals surface area contributed by atoms with E-state index >= 15 is 0 Å². The lowest BCUT2D eigenvalue weighted by molar-refractivity contribution is -0.156. The second-order valence-corrected chi connectivity index (χ2v) is 25.0. The van der Waals surface area contributed by atoms with Crippen molar-refractivity contribution in [3.63, 3.8) is 0 Å². The molecule has 48 heavy (non-hydrogen) atoms. The van der Waals surface area contributed by atoms with Crippen molar-refractivity contribution in [2.75, 3.05) is 39.6 Å². The summed E-state index contributed by atoms with van der Waals surface area (Å²) in [5, 5.41) is 0. The van der Waals surface area contributed by atoms with E-state index in [1.165, 1.54) is 0 Å². The topological polar surface area (TPSA) is 142 Å². The van der Waals surface area contributed by atoms with Crippen molar-refractivity contribution in [1.29, 1.82) is 0 Å². The van der Waals surface area contributed by atoms with Crippen LogP contribution in [0, 0.1) is 0 Å². The molecule has 274 valence electrons. The molecule has 0 aromatic rings. The molecule has 0 bridgehead atoms. The van der Waals surface area contributed by atoms with Gasteiger partial charge < -0.3 is 36.7 Å². The van der Waals surface area contributed by atoms with E-state index in [0.717, 1.165) is 68.1 Å². The van der Waals surface area contributed by atoms with Crippen LogP contribution >= 0.6 is 0 Å². The molecule has 0 N–H and O–H groups in total. The molecule has 0 amide bonds. The average molecular weight is 731 g/mol. The molecule has 0 aromatic carbocycles. The molecule has 0 aliphatic heterocycles. The first-order valence-corrected chi connectivity index (χ1v) is 25.1. The van der Waals surface area contributed by atoms with Crippen LogP contribution in [0.5, 0.6) is 0 Å². The molecule has 2 atom stereocenters. The van der Waals surface area contributed by atoms with E-state index in [1.807, 2.05) is 0 Å². The lowest BCUT2D eigenvalue weighted by atomic mass is 10.4. The molecule has 0 saturated carbocycles. The normalized spacial score (nSPS) is 14.0. The van der Waals surface area contributed by atoms with Crippen LogP contribution in [0.2, 0.25) is 50.9 Å². The predicted molar refractivity (Wildman–Crippen MR) is 191 cm³/mol. The summed E-state index contributed by atoms with van der Waals surface area (Å²) in [5.74, 6) is -2.47. The molecule has 0 fully saturated rings. The lowest BCUT2D eigenvalue weighted by Gasteiger charge is -2.41. The van der Waals surface area contributed by atoms with Crippen LogP contribution in [0.25, 0.3) is 0 Å². The van der Waals surface area contributed by atoms with Crippen molar-refractivity contribution in [3.8, 4) is 0 Å². The van der Waals surface area contributed by atoms with E-state index < -0.39 is 61.3 Å². The van der Waals surface area contributed by atoms with Crippen molar-refractivity contribution >= 4 is 49.1 Å². The first-order chi connectivity index (χ1) is 22.5. The maximum Gasteiger partial charge on any atom is 0.330 e. The number of carbonyl (C=O) groups is 4. The second-order valence-electron chi connectivity index (χ2n) is 12.5. The largest absolute Gasteiger partial charge is 0.458 e. The van der Waals surface area contributed by atoms with Crippen molar-refractivity contribution < 1.29 is 55.8 Å². The van der Waals surface area contributed by atoms with Gasteiger partial charge in [-0.15, -0.1) is 0 Å². The Morgan fingerprint density at radius 3 is 1.27 bits per heavy atom. The summed E-state index contributed by atoms with van der Waals surface area (Å²) in [6.07, 6.45) is 6.22. The summed E-state index contributed by atoms with van der Waals surface area (Å²) in [6, 6.07) is 2.61. The Balaban J connectivity index is 4.99. The van der Waals surface area contributed by atoms with Gasteiger partial charge in [-0.05, 0) is 63.7 Å². The fourth-order valence-corrected chi connectivity index (χ4v) is 19.2. The third kappa shape index (κ3) is 22.8. The summed E-state index contributed by atoms with van der Waals surface area (Å²) >= 11 is 0. The molecule has 12 nitrogen and oxygen atoms in total. The maximum atomic E-state index is 11.7. The molecular weight excluding hydrogens is 673 g/mol. The number of unbranched alkanes of at least 4 members (excludes halogenated alkanes) is 1. The monoisotopic (exact) mass is 730 g/mol. The van der Waals surface area contributed by atoms with Crippen LogP contribution in [0.3, 0.4) is 0 Å². The molecule has 0 radical (unpaired) electrons. The minimum absolute atomic E-state index is 0.0752. The zero-order valence-corrected chi connectivity index (χ0v) is 32.9. The highest BCUT2D eigenvalue weighted by Crippen LogP contribution is 2.30. The van der Waals surface area contributed by atoms with Crippen LogP contribution in [0.4, 0.5) is 0 Å². The first-order valence-electron chi connectivity index (χ1n) is 16.3. The quantitative estimate of drug-likeness (QED) is 0.0303. The van der Waals surface area contributed by atoms with Crippen molar-refractivity contribution in [3.05, 3.63) is 50.6 Å². The van der Waals surface area contributed by atoms with Crippen molar-refractivity contribution in [2.45, 2.75) is 95.7 Å². The Labute approximate surface area is 290 Å². The van der Waals surface area contributed by atoms with Crippen LogP contribution in [0.1, 0.15) is 32.6 Å². The summed E-state index contributed by atoms with van der Waals surface area (Å²) < 4.78 is 45.9. The molecular formula is C33H58O12Si3. The van der Waals surface area contributed by atoms with Gasteiger partial charge >= 0.3 is 32.4 Å². The highest BCUT2D eigenvalue weighted by atomic mass is 28.5. The zero-order chi connectivity index (χ0) is 36.6. The standard InChI is InChI=1S/C33H58O12Si3/c1-11-16-23-48(10,44-46(6,7)21-17-19-38-24-28(42-32(36)14-4)26-40-30(34)12-2)45-47(8,9)22-18-20-39-25-29(43-33(37)15-5)27-41-31(35)13-3/h12-15,28-29H,2-5,11,16-27H2,1,6-10H3. The van der Waals surface area contributed by atoms with Gasteiger partial charge in [0.2, 0.25) is 0 Å². The Kier molecular flexibility index (Phi) is 23.1. The van der Waals surface area contributed by atoms with E-state index in [-0.39, 0.29) is 26.4 Å². The van der Waals surface area contributed by atoms with Gasteiger partial charge in [-0.2, -0.15) is 0 Å². The Hall–Kier alpha value is -2.67. The van der Waals surface area contributed by atoms with Crippen molar-refractivity contribution in [1.82, 2.24) is 0 Å². The molecule has 15 heteroatoms. The number of hydrogen-bond donors (Lipinski definition) is 0. The van der Waals surface area contributed by atoms with Gasteiger partial charge in [0.15, 0.2) is 28.8 Å². The van der Waals surface area contributed by atoms with Gasteiger partial charge in [-0.3, -0.25) is 0 Å². The molecule has 0 aromatic heterocycles. The van der Waals surface area contributed by atoms with Crippen LogP contribution in [0.15, 0.2) is 50.6 Å². The zero-order valence-electron chi connectivity index (χ0n) is 29.9. The Bertz CT molecular complexity index is 973. The summed E-state index contributed by atoms with van der Waals surface area (Å²) in [7, 11) is -6.80. The second kappa shape index (κ2) is 24.5. The number of rotatable bonds is 29. The number of esters is 4. The van der Waals surface area contributed by atoms with Gasteiger partial charge in [-0.25, -0.2) is 19.2 Å². The molecule has 0 aliphatic carbocycles. The van der Waals surface area contributed by atoms with Gasteiger partial charge in [-0.1, -0.05) is 46.1 Å². The molecule has 0 saturated heterocycles. The van der Waals surface area contributed by atoms with Crippen LogP contribution < -0.4 is 0 Å². The average Bonchev–Trinajstić information content (AvgIpc) is 3.02. The Morgan fingerprint density at radius 2 is 0.938 bits per heavy atom. The minimum Gasteiger partial charge on any atom is -0.458 e. The molecule has 0 heterocycles. The van der Waals surface area contributed by atoms with E-state index in [9.17, 15) is 19.2 Å². The Morgan fingerprint density at radius 1 is 0.562 bits per heavy atom. The third-order valence-corrected chi connectivity index (χ3v) is 19.0. The van der Waals surface area contributed by atoms with Gasteiger partial charge in [0, 0.05) is 37.5 Å². The minimum atomic E-state index is -2.51. The van der Waals surface area contributed by atoms with E-state index in [1.54, 1.807) is 0 Å². The number of carbonyl (C=O) groups excluding carboxylic acids is 4. The van der Waals surface area contributed by atoms with Crippen LogP contribution in [-0.4, -0.2) is 101 Å². The fraction of sp³-hybridized carbons (Fsp3) is 0.636. The van der Waals surface area contributed by atoms with E-state index in [2.05, 4.69) is 66.0 Å². The molecule has 0 rings (SSSR count). The van der Waals surface area contributed by atoms with E-state index in [4.69, 9.17) is 36.7 Å². The lowest BCUT2D eigenvalue weighted by Crippen LogP contribution is -2.54. The maximum absolute atomic E-state index is 11.7. The summed E-state index contributed by atoms with van der Waals surface area (Å²) in [4.78, 5) is 46.1. The van der Waals surface area contributed by atoms with E-state index in [0.29, 0.717) is 13.2 Å². The molecule has 0 aliphatic rings. The molecule has 0 spiro atoms. The van der Waals surface area contributed by atoms with Crippen molar-refractivity contribution in [2.24, 2.45) is 0 Å². The van der Waals surface area contributed by atoms with Gasteiger partial charge in [0.05, 0.1) is 13.2 Å². The highest BCUT2D eigenvalue weighted by Gasteiger charge is 2.42.